The van der Waals surface area contributed by atoms with Gasteiger partial charge in [0.25, 0.3) is 0 Å². The molecular weight excluding hydrogens is 399 g/mol. The van der Waals surface area contributed by atoms with Crippen LogP contribution in [0.25, 0.3) is 11.0 Å². The van der Waals surface area contributed by atoms with Crippen molar-refractivity contribution in [3.63, 3.8) is 0 Å². The Balaban J connectivity index is 2.08. The molecule has 0 aliphatic carbocycles. The first kappa shape index (κ1) is 13.6. The van der Waals surface area contributed by atoms with E-state index >= 15 is 0 Å². The number of H-pyrrole nitrogens is 1. The fraction of sp³-hybridized carbons (Fsp3) is 0. The minimum absolute atomic E-state index is 0.00218. The Labute approximate surface area is 131 Å². The lowest BCUT2D eigenvalue weighted by Crippen LogP contribution is -1.98. The number of halogens is 4. The van der Waals surface area contributed by atoms with E-state index in [-0.39, 0.29) is 11.2 Å². The number of hydrogen-bond acceptors (Lipinski definition) is 2. The van der Waals surface area contributed by atoms with E-state index in [4.69, 9.17) is 11.6 Å². The van der Waals surface area contributed by atoms with Crippen LogP contribution in [0.4, 0.5) is 20.2 Å². The van der Waals surface area contributed by atoms with Crippen LogP contribution in [0.15, 0.2) is 30.6 Å². The zero-order valence-electron chi connectivity index (χ0n) is 9.85. The summed E-state index contributed by atoms with van der Waals surface area (Å²) >= 11 is 8.18. The number of aromatic amines is 1. The maximum absolute atomic E-state index is 14.0. The van der Waals surface area contributed by atoms with Crippen molar-refractivity contribution in [1.29, 1.82) is 0 Å². The Bertz CT molecular complexity index is 804. The van der Waals surface area contributed by atoms with Gasteiger partial charge in [0, 0.05) is 3.57 Å². The van der Waals surface area contributed by atoms with E-state index in [1.165, 1.54) is 12.4 Å². The molecule has 3 nitrogen and oxygen atoms in total. The average Bonchev–Trinajstić information content (AvgIpc) is 2.87. The Hall–Kier alpha value is -1.41. The standard InChI is InChI=1S/C13H7ClF2IN3/c14-7-3-6(17)1-2-8(7)20-9-4-10-13(19-5-18-10)12(16)11(9)15/h1-5,20H,(H,18,19). The van der Waals surface area contributed by atoms with Crippen LogP contribution >= 0.6 is 34.2 Å². The fourth-order valence-corrected chi connectivity index (χ4v) is 2.75. The highest BCUT2D eigenvalue weighted by Crippen LogP contribution is 2.31. The molecule has 7 heteroatoms. The van der Waals surface area contributed by atoms with Crippen LogP contribution in [0, 0.1) is 15.2 Å². The molecule has 1 aromatic heterocycles. The van der Waals surface area contributed by atoms with Gasteiger partial charge < -0.3 is 10.3 Å². The highest BCUT2D eigenvalue weighted by atomic mass is 127. The van der Waals surface area contributed by atoms with E-state index in [1.54, 1.807) is 12.1 Å². The molecule has 20 heavy (non-hydrogen) atoms. The van der Waals surface area contributed by atoms with Gasteiger partial charge in [-0.2, -0.15) is 0 Å². The second-order valence-corrected chi connectivity index (χ2v) is 5.75. The third-order valence-corrected chi connectivity index (χ3v) is 3.78. The molecule has 1 heterocycles. The molecule has 3 aromatic rings. The minimum Gasteiger partial charge on any atom is -0.352 e. The Morgan fingerprint density at radius 3 is 2.70 bits per heavy atom. The van der Waals surface area contributed by atoms with E-state index in [1.807, 2.05) is 6.07 Å². The van der Waals surface area contributed by atoms with Crippen molar-refractivity contribution in [2.45, 2.75) is 0 Å². The second kappa shape index (κ2) is 5.17. The maximum atomic E-state index is 14.0. The van der Waals surface area contributed by atoms with Crippen LogP contribution in [0.2, 0.25) is 5.02 Å². The van der Waals surface area contributed by atoms with Crippen LogP contribution in [0.5, 0.6) is 0 Å². The lowest BCUT2D eigenvalue weighted by molar-refractivity contribution is 0.518. The fourth-order valence-electron chi connectivity index (χ4n) is 1.85. The van der Waals surface area contributed by atoms with E-state index < -0.39 is 11.6 Å². The molecule has 2 aromatic carbocycles. The molecule has 0 aliphatic rings. The molecule has 0 aliphatic heterocycles. The monoisotopic (exact) mass is 405 g/mol. The van der Waals surface area contributed by atoms with Crippen molar-refractivity contribution in [2.24, 2.45) is 0 Å². The third kappa shape index (κ3) is 2.33. The molecule has 0 saturated carbocycles. The number of fused-ring (bicyclic) bond motifs is 1. The van der Waals surface area contributed by atoms with Gasteiger partial charge in [-0.3, -0.25) is 0 Å². The molecule has 0 amide bonds. The topological polar surface area (TPSA) is 40.7 Å². The summed E-state index contributed by atoms with van der Waals surface area (Å²) in [5, 5.41) is 3.22. The van der Waals surface area contributed by atoms with Gasteiger partial charge in [0.1, 0.15) is 5.52 Å². The molecular formula is C13H7ClF2IN3. The predicted molar refractivity (Wildman–Crippen MR) is 83.5 cm³/mol. The van der Waals surface area contributed by atoms with Gasteiger partial charge in [-0.05, 0) is 46.9 Å². The Kier molecular flexibility index (Phi) is 3.51. The summed E-state index contributed by atoms with van der Waals surface area (Å²) < 4.78 is 28.8. The summed E-state index contributed by atoms with van der Waals surface area (Å²) in [6.45, 7) is 0. The first-order valence-electron chi connectivity index (χ1n) is 5.59. The van der Waals surface area contributed by atoms with Crippen LogP contribution in [-0.4, -0.2) is 9.97 Å². The maximum Gasteiger partial charge on any atom is 0.188 e. The smallest absolute Gasteiger partial charge is 0.188 e. The van der Waals surface area contributed by atoms with Crippen LogP contribution < -0.4 is 5.32 Å². The van der Waals surface area contributed by atoms with Crippen molar-refractivity contribution < 1.29 is 8.78 Å². The molecule has 0 fully saturated rings. The number of hydrogen-bond donors (Lipinski definition) is 2. The van der Waals surface area contributed by atoms with Gasteiger partial charge in [-0.25, -0.2) is 13.8 Å². The average molecular weight is 406 g/mol. The van der Waals surface area contributed by atoms with Crippen LogP contribution in [0.1, 0.15) is 0 Å². The first-order valence-corrected chi connectivity index (χ1v) is 7.05. The van der Waals surface area contributed by atoms with Crippen molar-refractivity contribution in [3.8, 4) is 0 Å². The van der Waals surface area contributed by atoms with E-state index in [9.17, 15) is 8.78 Å². The summed E-state index contributed by atoms with van der Waals surface area (Å²) in [5.74, 6) is -1.98. The summed E-state index contributed by atoms with van der Waals surface area (Å²) in [6.07, 6.45) is 1.31. The van der Waals surface area contributed by atoms with E-state index in [0.717, 1.165) is 3.57 Å². The Morgan fingerprint density at radius 2 is 1.95 bits per heavy atom. The molecule has 102 valence electrons. The lowest BCUT2D eigenvalue weighted by atomic mass is 10.2. The molecule has 0 saturated heterocycles. The van der Waals surface area contributed by atoms with Crippen molar-refractivity contribution in [3.05, 3.63) is 50.8 Å². The highest BCUT2D eigenvalue weighted by molar-refractivity contribution is 14.1. The zero-order chi connectivity index (χ0) is 14.3. The van der Waals surface area contributed by atoms with Crippen molar-refractivity contribution in [1.82, 2.24) is 9.97 Å². The van der Waals surface area contributed by atoms with Gasteiger partial charge in [0.2, 0.25) is 0 Å². The van der Waals surface area contributed by atoms with E-state index in [2.05, 4.69) is 37.9 Å². The second-order valence-electron chi connectivity index (χ2n) is 4.10. The summed E-state index contributed by atoms with van der Waals surface area (Å²) in [6, 6.07) is 6.71. The lowest BCUT2D eigenvalue weighted by Gasteiger charge is -2.10. The highest BCUT2D eigenvalue weighted by Gasteiger charge is 2.16. The number of rotatable bonds is 2. The van der Waals surface area contributed by atoms with Gasteiger partial charge in [0.15, 0.2) is 11.6 Å². The van der Waals surface area contributed by atoms with Crippen LogP contribution in [-0.2, 0) is 0 Å². The van der Waals surface area contributed by atoms with Crippen molar-refractivity contribution in [2.75, 3.05) is 5.32 Å². The molecule has 0 bridgehead atoms. The number of nitrogens with one attached hydrogen (secondary N) is 2. The molecule has 0 unspecified atom stereocenters. The van der Waals surface area contributed by atoms with Crippen LogP contribution in [0.3, 0.4) is 0 Å². The number of anilines is 2. The van der Waals surface area contributed by atoms with Gasteiger partial charge in [-0.15, -0.1) is 0 Å². The van der Waals surface area contributed by atoms with Gasteiger partial charge in [-0.1, -0.05) is 11.6 Å². The zero-order valence-corrected chi connectivity index (χ0v) is 12.8. The molecule has 0 spiro atoms. The number of imidazole rings is 1. The largest absolute Gasteiger partial charge is 0.352 e. The molecule has 0 radical (unpaired) electrons. The van der Waals surface area contributed by atoms with Crippen molar-refractivity contribution >= 4 is 56.6 Å². The third-order valence-electron chi connectivity index (χ3n) is 2.80. The predicted octanol–water partition coefficient (Wildman–Crippen LogP) is 4.84. The molecule has 0 atom stereocenters. The normalized spacial score (nSPS) is 11.0. The Morgan fingerprint density at radius 1 is 1.15 bits per heavy atom. The SMILES string of the molecule is Fc1c(Nc2ccc(I)cc2Cl)cc2[nH]cnc2c1F. The summed E-state index contributed by atoms with van der Waals surface area (Å²) in [4.78, 5) is 6.48. The van der Waals surface area contributed by atoms with Gasteiger partial charge >= 0.3 is 0 Å². The van der Waals surface area contributed by atoms with Gasteiger partial charge in [0.05, 0.1) is 28.2 Å². The number of aromatic nitrogens is 2. The van der Waals surface area contributed by atoms with E-state index in [0.29, 0.717) is 16.2 Å². The number of nitrogens with zero attached hydrogens (tertiary/aromatic N) is 1. The number of benzene rings is 2. The minimum atomic E-state index is -0.993. The molecule has 3 rings (SSSR count). The summed E-state index contributed by atoms with van der Waals surface area (Å²) in [7, 11) is 0. The summed E-state index contributed by atoms with van der Waals surface area (Å²) in [5.41, 5.74) is 0.890. The molecule has 2 N–H and O–H groups in total. The quantitative estimate of drug-likeness (QED) is 0.599. The first-order chi connectivity index (χ1) is 9.56.